The van der Waals surface area contributed by atoms with E-state index >= 15 is 0 Å². The number of aliphatic hydroxyl groups excluding tert-OH is 1. The number of carboxylic acids is 1. The van der Waals surface area contributed by atoms with Crippen LogP contribution in [-0.4, -0.2) is 43.9 Å². The Morgan fingerprint density at radius 1 is 1.23 bits per heavy atom. The molecule has 0 amide bonds. The first kappa shape index (κ1) is 20.8. The number of fused-ring (bicyclic) bond motifs is 5. The molecule has 0 spiro atoms. The number of aliphatic carboxylic acids is 1. The summed E-state index contributed by atoms with van der Waals surface area (Å²) in [5, 5.41) is 19.7. The van der Waals surface area contributed by atoms with E-state index in [4.69, 9.17) is 14.9 Å². The van der Waals surface area contributed by atoms with Crippen LogP contribution in [-0.2, 0) is 4.79 Å². The van der Waals surface area contributed by atoms with Crippen molar-refractivity contribution in [1.29, 1.82) is 0 Å². The Hall–Kier alpha value is -3.47. The fraction of sp³-hybridized carbons (Fsp3) is 0.250. The van der Waals surface area contributed by atoms with Gasteiger partial charge < -0.3 is 20.5 Å². The number of aromatic amines is 1. The number of carboxylic acid groups (broad SMARTS) is 1. The van der Waals surface area contributed by atoms with Crippen molar-refractivity contribution in [2.24, 2.45) is 5.92 Å². The van der Waals surface area contributed by atoms with Gasteiger partial charge in [-0.15, -0.1) is 0 Å². The van der Waals surface area contributed by atoms with Crippen LogP contribution < -0.4 is 5.32 Å². The van der Waals surface area contributed by atoms with Gasteiger partial charge in [0.2, 0.25) is 0 Å². The summed E-state index contributed by atoms with van der Waals surface area (Å²) in [6.45, 7) is 0.178. The number of carbonyl (C=O) groups is 1. The van der Waals surface area contributed by atoms with E-state index in [1.165, 1.54) is 12.1 Å². The molecule has 2 aliphatic rings. The minimum atomic E-state index is -5.08. The number of halogens is 4. The molecular formula is C20H16F4N4O3. The number of nitrogens with one attached hydrogen (secondary N) is 2. The van der Waals surface area contributed by atoms with Gasteiger partial charge in [-0.1, -0.05) is 0 Å². The molecule has 3 heterocycles. The highest BCUT2D eigenvalue weighted by molar-refractivity contribution is 5.94. The molecule has 1 saturated carbocycles. The molecule has 2 atom stereocenters. The van der Waals surface area contributed by atoms with E-state index in [1.54, 1.807) is 12.3 Å². The number of imidazole rings is 1. The van der Waals surface area contributed by atoms with Crippen molar-refractivity contribution in [2.45, 2.75) is 18.5 Å². The fourth-order valence-electron chi connectivity index (χ4n) is 3.40. The number of benzene rings is 1. The van der Waals surface area contributed by atoms with Crippen LogP contribution in [0.1, 0.15) is 18.2 Å². The van der Waals surface area contributed by atoms with Crippen LogP contribution in [0.3, 0.4) is 0 Å². The van der Waals surface area contributed by atoms with E-state index in [2.05, 4.69) is 15.3 Å². The minimum Gasteiger partial charge on any atom is -0.475 e. The van der Waals surface area contributed by atoms with E-state index in [0.29, 0.717) is 11.5 Å². The summed E-state index contributed by atoms with van der Waals surface area (Å²) < 4.78 is 45.4. The summed E-state index contributed by atoms with van der Waals surface area (Å²) in [7, 11) is 0. The number of aromatic nitrogens is 3. The first-order valence-corrected chi connectivity index (χ1v) is 9.22. The van der Waals surface area contributed by atoms with Crippen molar-refractivity contribution in [3.05, 3.63) is 48.2 Å². The molecule has 7 nitrogen and oxygen atoms in total. The molecule has 162 valence electrons. The van der Waals surface area contributed by atoms with Gasteiger partial charge in [0.05, 0.1) is 17.1 Å². The smallest absolute Gasteiger partial charge is 0.475 e. The molecule has 2 aromatic heterocycles. The Morgan fingerprint density at radius 2 is 1.97 bits per heavy atom. The molecule has 1 aliphatic carbocycles. The average Bonchev–Trinajstić information content (AvgIpc) is 3.41. The zero-order valence-electron chi connectivity index (χ0n) is 15.7. The summed E-state index contributed by atoms with van der Waals surface area (Å²) >= 11 is 0. The Kier molecular flexibility index (Phi) is 5.13. The van der Waals surface area contributed by atoms with Gasteiger partial charge in [-0.2, -0.15) is 13.2 Å². The molecule has 0 bridgehead atoms. The van der Waals surface area contributed by atoms with Crippen LogP contribution in [0.4, 0.5) is 29.1 Å². The molecule has 11 heteroatoms. The van der Waals surface area contributed by atoms with Gasteiger partial charge in [-0.3, -0.25) is 0 Å². The Morgan fingerprint density at radius 3 is 2.61 bits per heavy atom. The fourth-order valence-corrected chi connectivity index (χ4v) is 3.40. The monoisotopic (exact) mass is 436 g/mol. The maximum atomic E-state index is 13.7. The number of H-pyrrole nitrogens is 1. The van der Waals surface area contributed by atoms with Crippen molar-refractivity contribution in [3.8, 4) is 22.5 Å². The van der Waals surface area contributed by atoms with Gasteiger partial charge in [0.15, 0.2) is 0 Å². The SMILES string of the molecule is O=C(O)C(F)(F)F.OC[C@H]1CC1c1nc2c([nH]1)-c1cccnc1Nc1cc(F)ccc1-2. The quantitative estimate of drug-likeness (QED) is 0.353. The number of alkyl halides is 3. The highest BCUT2D eigenvalue weighted by Gasteiger charge is 2.41. The molecule has 0 saturated heterocycles. The third-order valence-electron chi connectivity index (χ3n) is 5.04. The van der Waals surface area contributed by atoms with Crippen molar-refractivity contribution < 1.29 is 32.6 Å². The maximum Gasteiger partial charge on any atom is 0.490 e. The number of hydrogen-bond donors (Lipinski definition) is 4. The Bertz CT molecular complexity index is 1150. The number of pyridine rings is 1. The lowest BCUT2D eigenvalue weighted by atomic mass is 10.1. The van der Waals surface area contributed by atoms with Gasteiger partial charge in [0, 0.05) is 29.8 Å². The number of hydrogen-bond acceptors (Lipinski definition) is 5. The van der Waals surface area contributed by atoms with Crippen molar-refractivity contribution >= 4 is 17.5 Å². The molecule has 1 aliphatic heterocycles. The predicted octanol–water partition coefficient (Wildman–Crippen LogP) is 4.06. The molecule has 3 aromatic rings. The van der Waals surface area contributed by atoms with Crippen LogP contribution in [0.5, 0.6) is 0 Å². The summed E-state index contributed by atoms with van der Waals surface area (Å²) in [5.74, 6) is -0.968. The number of rotatable bonds is 2. The lowest BCUT2D eigenvalue weighted by Gasteiger charge is -2.08. The van der Waals surface area contributed by atoms with E-state index in [1.807, 2.05) is 12.1 Å². The van der Waals surface area contributed by atoms with Gasteiger partial charge in [0.25, 0.3) is 0 Å². The Balaban J connectivity index is 0.000000289. The van der Waals surface area contributed by atoms with Crippen molar-refractivity contribution in [3.63, 3.8) is 0 Å². The second-order valence-corrected chi connectivity index (χ2v) is 7.15. The largest absolute Gasteiger partial charge is 0.490 e. The van der Waals surface area contributed by atoms with E-state index in [9.17, 15) is 22.7 Å². The van der Waals surface area contributed by atoms with E-state index in [-0.39, 0.29) is 24.3 Å². The molecule has 31 heavy (non-hydrogen) atoms. The summed E-state index contributed by atoms with van der Waals surface area (Å²) in [4.78, 5) is 21.5. The molecule has 1 unspecified atom stereocenters. The van der Waals surface area contributed by atoms with Crippen LogP contribution in [0, 0.1) is 11.7 Å². The second-order valence-electron chi connectivity index (χ2n) is 7.15. The minimum absolute atomic E-state index is 0.178. The van der Waals surface area contributed by atoms with E-state index < -0.39 is 12.1 Å². The number of aliphatic hydroxyl groups is 1. The molecular weight excluding hydrogens is 420 g/mol. The highest BCUT2D eigenvalue weighted by Crippen LogP contribution is 2.49. The molecule has 1 aromatic carbocycles. The number of nitrogens with zero attached hydrogens (tertiary/aromatic N) is 2. The van der Waals surface area contributed by atoms with Gasteiger partial charge in [-0.25, -0.2) is 19.2 Å². The highest BCUT2D eigenvalue weighted by atomic mass is 19.4. The Labute approximate surface area is 172 Å². The van der Waals surface area contributed by atoms with Crippen molar-refractivity contribution in [1.82, 2.24) is 15.0 Å². The number of anilines is 2. The molecule has 5 rings (SSSR count). The van der Waals surface area contributed by atoms with Gasteiger partial charge in [-0.05, 0) is 42.7 Å². The van der Waals surface area contributed by atoms with Gasteiger partial charge >= 0.3 is 12.1 Å². The van der Waals surface area contributed by atoms with Crippen LogP contribution >= 0.6 is 0 Å². The van der Waals surface area contributed by atoms with Gasteiger partial charge in [0.1, 0.15) is 17.5 Å². The average molecular weight is 436 g/mol. The molecule has 4 N–H and O–H groups in total. The lowest BCUT2D eigenvalue weighted by molar-refractivity contribution is -0.192. The second kappa shape index (κ2) is 7.65. The first-order valence-electron chi connectivity index (χ1n) is 9.22. The van der Waals surface area contributed by atoms with Crippen LogP contribution in [0.15, 0.2) is 36.5 Å². The summed E-state index contributed by atoms with van der Waals surface area (Å²) in [6.07, 6.45) is -2.44. The predicted molar refractivity (Wildman–Crippen MR) is 102 cm³/mol. The lowest BCUT2D eigenvalue weighted by Crippen LogP contribution is -2.21. The molecule has 1 fully saturated rings. The van der Waals surface area contributed by atoms with Crippen LogP contribution in [0.2, 0.25) is 0 Å². The topological polar surface area (TPSA) is 111 Å². The summed E-state index contributed by atoms with van der Waals surface area (Å²) in [5.41, 5.74) is 4.08. The van der Waals surface area contributed by atoms with E-state index in [0.717, 1.165) is 34.8 Å². The third kappa shape index (κ3) is 4.08. The van der Waals surface area contributed by atoms with Crippen LogP contribution in [0.25, 0.3) is 22.5 Å². The maximum absolute atomic E-state index is 13.7. The standard InChI is InChI=1S/C18H15FN4O.C2HF3O2/c19-10-3-4-11-14(7-10)21-17-12(2-1-5-20-17)16-15(11)22-18(23-16)13-6-9(13)8-24;3-2(4,5)1(6)7/h1-5,7,9,13,24H,6,8H2,(H,20,21)(H,22,23);(H,6,7)/t9-,13?;/m1./s1. The molecule has 0 radical (unpaired) electrons. The zero-order chi connectivity index (χ0) is 22.3. The normalized spacial score (nSPS) is 18.4. The first-order chi connectivity index (χ1) is 14.7. The summed E-state index contributed by atoms with van der Waals surface area (Å²) in [6, 6.07) is 8.48. The van der Waals surface area contributed by atoms with Crippen molar-refractivity contribution in [2.75, 3.05) is 11.9 Å². The zero-order valence-corrected chi connectivity index (χ0v) is 15.7. The third-order valence-corrected chi connectivity index (χ3v) is 5.04.